The minimum atomic E-state index is -0.676. The van der Waals surface area contributed by atoms with Crippen molar-refractivity contribution in [2.24, 2.45) is 34.5 Å². The second kappa shape index (κ2) is 4.58. The molecule has 5 saturated carbocycles. The van der Waals surface area contributed by atoms with Gasteiger partial charge in [-0.1, -0.05) is 13.8 Å². The van der Waals surface area contributed by atoms with Crippen molar-refractivity contribution < 1.29 is 15.3 Å². The molecule has 0 aliphatic heterocycles. The van der Waals surface area contributed by atoms with E-state index in [9.17, 15) is 15.3 Å². The van der Waals surface area contributed by atoms with Crippen molar-refractivity contribution in [2.75, 3.05) is 0 Å². The van der Waals surface area contributed by atoms with Crippen LogP contribution in [0.3, 0.4) is 0 Å². The zero-order valence-electron chi connectivity index (χ0n) is 15.3. The molecular formula is C21H34O3. The van der Waals surface area contributed by atoms with E-state index in [1.54, 1.807) is 0 Å². The molecule has 9 atom stereocenters. The zero-order valence-corrected chi connectivity index (χ0v) is 15.3. The Morgan fingerprint density at radius 1 is 0.833 bits per heavy atom. The van der Waals surface area contributed by atoms with Crippen LogP contribution in [-0.4, -0.2) is 32.6 Å². The van der Waals surface area contributed by atoms with E-state index in [0.29, 0.717) is 30.1 Å². The Balaban J connectivity index is 1.50. The van der Waals surface area contributed by atoms with Crippen molar-refractivity contribution in [3.63, 3.8) is 0 Å². The first-order valence-corrected chi connectivity index (χ1v) is 10.3. The smallest absolute Gasteiger partial charge is 0.0731 e. The predicted octanol–water partition coefficient (Wildman–Crippen LogP) is 3.26. The summed E-state index contributed by atoms with van der Waals surface area (Å²) in [6.45, 7) is 4.66. The van der Waals surface area contributed by atoms with Crippen LogP contribution in [0.25, 0.3) is 0 Å². The molecule has 5 aliphatic rings. The van der Waals surface area contributed by atoms with Crippen LogP contribution in [-0.2, 0) is 0 Å². The van der Waals surface area contributed by atoms with Crippen LogP contribution in [0, 0.1) is 34.5 Å². The Labute approximate surface area is 145 Å². The maximum absolute atomic E-state index is 11.6. The zero-order chi connectivity index (χ0) is 17.0. The third-order valence-corrected chi connectivity index (χ3v) is 10.1. The average molecular weight is 335 g/mol. The Kier molecular flexibility index (Phi) is 3.07. The molecular weight excluding hydrogens is 300 g/mol. The van der Waals surface area contributed by atoms with Crippen LogP contribution < -0.4 is 0 Å². The van der Waals surface area contributed by atoms with Crippen LogP contribution >= 0.6 is 0 Å². The van der Waals surface area contributed by atoms with Crippen molar-refractivity contribution in [3.8, 4) is 0 Å². The second-order valence-corrected chi connectivity index (χ2v) is 10.7. The van der Waals surface area contributed by atoms with Gasteiger partial charge in [0.25, 0.3) is 0 Å². The quantitative estimate of drug-likeness (QED) is 0.637. The lowest BCUT2D eigenvalue weighted by molar-refractivity contribution is -0.277. The van der Waals surface area contributed by atoms with E-state index < -0.39 is 11.2 Å². The first-order chi connectivity index (χ1) is 11.2. The summed E-state index contributed by atoms with van der Waals surface area (Å²) in [6, 6.07) is 0. The van der Waals surface area contributed by atoms with E-state index in [-0.39, 0.29) is 16.9 Å². The lowest BCUT2D eigenvalue weighted by Gasteiger charge is -2.68. The normalized spacial score (nSPS) is 65.1. The molecule has 0 radical (unpaired) electrons. The molecule has 1 unspecified atom stereocenters. The molecule has 0 heterocycles. The van der Waals surface area contributed by atoms with Crippen LogP contribution in [0.2, 0.25) is 0 Å². The highest BCUT2D eigenvalue weighted by Crippen LogP contribution is 2.70. The van der Waals surface area contributed by atoms with Gasteiger partial charge in [0.05, 0.1) is 17.3 Å². The Morgan fingerprint density at radius 2 is 1.62 bits per heavy atom. The van der Waals surface area contributed by atoms with Gasteiger partial charge in [0, 0.05) is 6.42 Å². The fraction of sp³-hybridized carbons (Fsp3) is 1.00. The molecule has 0 amide bonds. The molecule has 24 heavy (non-hydrogen) atoms. The maximum Gasteiger partial charge on any atom is 0.0731 e. The van der Waals surface area contributed by atoms with E-state index in [4.69, 9.17) is 0 Å². The summed E-state index contributed by atoms with van der Waals surface area (Å²) in [7, 11) is 0. The number of fused-ring (bicyclic) bond motifs is 6. The first kappa shape index (κ1) is 16.1. The summed E-state index contributed by atoms with van der Waals surface area (Å²) in [5.74, 6) is 2.28. The molecule has 136 valence electrons. The summed E-state index contributed by atoms with van der Waals surface area (Å²) in [5.41, 5.74) is -1.18. The largest absolute Gasteiger partial charge is 0.393 e. The SMILES string of the molecule is C[C@]12CC[C@H]3[C@@H](CC[C@]4(O)C[C@]5(O)CCC5C[C@]34C)[C@@H]1CC[C@@H]2O. The Hall–Kier alpha value is -0.120. The summed E-state index contributed by atoms with van der Waals surface area (Å²) in [5, 5.41) is 33.1. The lowest BCUT2D eigenvalue weighted by atomic mass is 9.39. The van der Waals surface area contributed by atoms with Gasteiger partial charge in [0.2, 0.25) is 0 Å². The van der Waals surface area contributed by atoms with Crippen molar-refractivity contribution in [1.29, 1.82) is 0 Å². The van der Waals surface area contributed by atoms with Crippen LogP contribution in [0.5, 0.6) is 0 Å². The van der Waals surface area contributed by atoms with Gasteiger partial charge >= 0.3 is 0 Å². The fourth-order valence-corrected chi connectivity index (χ4v) is 8.35. The maximum atomic E-state index is 11.6. The molecule has 5 rings (SSSR count). The molecule has 0 saturated heterocycles. The predicted molar refractivity (Wildman–Crippen MR) is 92.3 cm³/mol. The topological polar surface area (TPSA) is 60.7 Å². The van der Waals surface area contributed by atoms with E-state index in [0.717, 1.165) is 51.4 Å². The van der Waals surface area contributed by atoms with Gasteiger partial charge in [0.15, 0.2) is 0 Å². The summed E-state index contributed by atoms with van der Waals surface area (Å²) in [4.78, 5) is 0. The number of aliphatic hydroxyl groups is 3. The summed E-state index contributed by atoms with van der Waals surface area (Å²) >= 11 is 0. The minimum Gasteiger partial charge on any atom is -0.393 e. The van der Waals surface area contributed by atoms with Crippen molar-refractivity contribution in [1.82, 2.24) is 0 Å². The number of hydrogen-bond donors (Lipinski definition) is 3. The molecule has 3 heteroatoms. The van der Waals surface area contributed by atoms with E-state index in [1.807, 2.05) is 0 Å². The van der Waals surface area contributed by atoms with Crippen LogP contribution in [0.15, 0.2) is 0 Å². The molecule has 0 aromatic heterocycles. The highest BCUT2D eigenvalue weighted by molar-refractivity contribution is 5.19. The molecule has 0 bridgehead atoms. The second-order valence-electron chi connectivity index (χ2n) is 10.7. The van der Waals surface area contributed by atoms with Gasteiger partial charge in [-0.2, -0.15) is 0 Å². The molecule has 0 aromatic rings. The number of rotatable bonds is 0. The van der Waals surface area contributed by atoms with Gasteiger partial charge < -0.3 is 15.3 Å². The third kappa shape index (κ3) is 1.70. The lowest BCUT2D eigenvalue weighted by Crippen LogP contribution is -2.69. The van der Waals surface area contributed by atoms with Crippen molar-refractivity contribution in [2.45, 2.75) is 95.4 Å². The van der Waals surface area contributed by atoms with Gasteiger partial charge in [-0.25, -0.2) is 0 Å². The third-order valence-electron chi connectivity index (χ3n) is 10.1. The average Bonchev–Trinajstić information content (AvgIpc) is 2.83. The molecule has 5 fully saturated rings. The summed E-state index contributed by atoms with van der Waals surface area (Å²) < 4.78 is 0. The monoisotopic (exact) mass is 334 g/mol. The Morgan fingerprint density at radius 3 is 2.33 bits per heavy atom. The molecule has 0 aromatic carbocycles. The van der Waals surface area contributed by atoms with Gasteiger partial charge in [-0.15, -0.1) is 0 Å². The minimum absolute atomic E-state index is 0.0396. The molecule has 5 aliphatic carbocycles. The Bertz CT molecular complexity index is 563. The van der Waals surface area contributed by atoms with Gasteiger partial charge in [0.1, 0.15) is 0 Å². The van der Waals surface area contributed by atoms with Crippen molar-refractivity contribution >= 4 is 0 Å². The molecule has 3 N–H and O–H groups in total. The van der Waals surface area contributed by atoms with Crippen LogP contribution in [0.1, 0.15) is 78.1 Å². The molecule has 0 spiro atoms. The first-order valence-electron chi connectivity index (χ1n) is 10.3. The van der Waals surface area contributed by atoms with E-state index >= 15 is 0 Å². The highest BCUT2D eigenvalue weighted by atomic mass is 16.3. The van der Waals surface area contributed by atoms with E-state index in [2.05, 4.69) is 13.8 Å². The number of aliphatic hydroxyl groups excluding tert-OH is 1. The summed E-state index contributed by atoms with van der Waals surface area (Å²) in [6.07, 6.45) is 9.85. The number of hydrogen-bond acceptors (Lipinski definition) is 3. The van der Waals surface area contributed by atoms with Gasteiger partial charge in [-0.3, -0.25) is 0 Å². The fourth-order valence-electron chi connectivity index (χ4n) is 8.35. The highest BCUT2D eigenvalue weighted by Gasteiger charge is 2.69. The standard InChI is InChI=1S/C21H34O3/c1-18-8-7-16-14(15(18)3-4-17(18)22)6-10-21(24)12-20(23)9-5-13(20)11-19(16,21)2/h13-17,22-24H,3-12H2,1-2H3/t13?,14-,15-,16-,17-,18-,19+,20+,21-/m0/s1. The van der Waals surface area contributed by atoms with E-state index in [1.165, 1.54) is 6.42 Å². The van der Waals surface area contributed by atoms with Gasteiger partial charge in [-0.05, 0) is 92.3 Å². The molecule has 3 nitrogen and oxygen atoms in total. The van der Waals surface area contributed by atoms with Crippen molar-refractivity contribution in [3.05, 3.63) is 0 Å². The van der Waals surface area contributed by atoms with Crippen LogP contribution in [0.4, 0.5) is 0 Å².